The molecule has 150 valence electrons. The minimum absolute atomic E-state index is 0.170. The number of benzene rings is 3. The molecular weight excluding hydrogens is 364 g/mol. The van der Waals surface area contributed by atoms with Crippen LogP contribution in [0.15, 0.2) is 66.7 Å². The van der Waals surface area contributed by atoms with Crippen LogP contribution in [0.1, 0.15) is 49.7 Å². The molecule has 0 saturated heterocycles. The van der Waals surface area contributed by atoms with Gasteiger partial charge in [0.2, 0.25) is 0 Å². The standard InChI is InChI=1S/C24H26N2O3/c1-16(20-14-8-10-17-9-5-6-13-21(17)20)25-22(27)18-11-7-12-19(15-18)26-23(28)29-24(2,3)4/h5-16H,1-4H3,(H,25,27)(H,26,28)/t16-/m0/s1. The molecule has 0 heterocycles. The minimum Gasteiger partial charge on any atom is -0.444 e. The number of hydrogen-bond acceptors (Lipinski definition) is 3. The number of amides is 2. The fourth-order valence-corrected chi connectivity index (χ4v) is 3.15. The summed E-state index contributed by atoms with van der Waals surface area (Å²) >= 11 is 0. The van der Waals surface area contributed by atoms with Gasteiger partial charge in [-0.15, -0.1) is 0 Å². The molecule has 0 unspecified atom stereocenters. The van der Waals surface area contributed by atoms with Crippen molar-refractivity contribution in [2.24, 2.45) is 0 Å². The highest BCUT2D eigenvalue weighted by atomic mass is 16.6. The average molecular weight is 390 g/mol. The molecule has 3 rings (SSSR count). The molecule has 5 heteroatoms. The van der Waals surface area contributed by atoms with E-state index in [0.717, 1.165) is 16.3 Å². The summed E-state index contributed by atoms with van der Waals surface area (Å²) in [5, 5.41) is 7.95. The third kappa shape index (κ3) is 5.35. The molecule has 0 fully saturated rings. The molecule has 1 atom stereocenters. The van der Waals surface area contributed by atoms with Crippen LogP contribution in [0.4, 0.5) is 10.5 Å². The number of nitrogens with one attached hydrogen (secondary N) is 2. The maximum absolute atomic E-state index is 12.8. The van der Waals surface area contributed by atoms with Gasteiger partial charge in [-0.1, -0.05) is 48.5 Å². The van der Waals surface area contributed by atoms with Crippen LogP contribution in [0, 0.1) is 0 Å². The number of rotatable bonds is 4. The molecule has 0 radical (unpaired) electrons. The molecule has 0 aromatic heterocycles. The first-order valence-electron chi connectivity index (χ1n) is 9.61. The SMILES string of the molecule is C[C@H](NC(=O)c1cccc(NC(=O)OC(C)(C)C)c1)c1cccc2ccccc12. The van der Waals surface area contributed by atoms with E-state index in [9.17, 15) is 9.59 Å². The van der Waals surface area contributed by atoms with Gasteiger partial charge in [0.25, 0.3) is 5.91 Å². The molecule has 0 spiro atoms. The number of fused-ring (bicyclic) bond motifs is 1. The van der Waals surface area contributed by atoms with Crippen molar-refractivity contribution in [2.75, 3.05) is 5.32 Å². The van der Waals surface area contributed by atoms with Crippen molar-refractivity contribution >= 4 is 28.5 Å². The van der Waals surface area contributed by atoms with Crippen molar-refractivity contribution in [2.45, 2.75) is 39.3 Å². The van der Waals surface area contributed by atoms with E-state index in [4.69, 9.17) is 4.74 Å². The lowest BCUT2D eigenvalue weighted by molar-refractivity contribution is 0.0635. The molecule has 3 aromatic carbocycles. The Hall–Kier alpha value is -3.34. The summed E-state index contributed by atoms with van der Waals surface area (Å²) in [6.07, 6.45) is -0.556. The summed E-state index contributed by atoms with van der Waals surface area (Å²) in [6, 6.07) is 20.8. The van der Waals surface area contributed by atoms with Gasteiger partial charge in [-0.2, -0.15) is 0 Å². The Morgan fingerprint density at radius 3 is 2.38 bits per heavy atom. The van der Waals surface area contributed by atoms with Crippen LogP contribution in [0.5, 0.6) is 0 Å². The lowest BCUT2D eigenvalue weighted by atomic mass is 9.99. The molecule has 29 heavy (non-hydrogen) atoms. The number of anilines is 1. The smallest absolute Gasteiger partial charge is 0.412 e. The molecule has 2 N–H and O–H groups in total. The summed E-state index contributed by atoms with van der Waals surface area (Å²) in [6.45, 7) is 7.35. The normalized spacial score (nSPS) is 12.3. The van der Waals surface area contributed by atoms with Crippen molar-refractivity contribution in [3.8, 4) is 0 Å². The lowest BCUT2D eigenvalue weighted by Crippen LogP contribution is -2.28. The van der Waals surface area contributed by atoms with Crippen molar-refractivity contribution < 1.29 is 14.3 Å². The van der Waals surface area contributed by atoms with Crippen LogP contribution in [-0.2, 0) is 4.74 Å². The molecule has 2 amide bonds. The first-order valence-corrected chi connectivity index (χ1v) is 9.61. The van der Waals surface area contributed by atoms with Gasteiger partial charge in [-0.05, 0) is 62.2 Å². The lowest BCUT2D eigenvalue weighted by Gasteiger charge is -2.20. The summed E-state index contributed by atoms with van der Waals surface area (Å²) in [5.41, 5.74) is 1.43. The van der Waals surface area contributed by atoms with Gasteiger partial charge < -0.3 is 10.1 Å². The first-order chi connectivity index (χ1) is 13.7. The zero-order valence-corrected chi connectivity index (χ0v) is 17.2. The highest BCUT2D eigenvalue weighted by Crippen LogP contribution is 2.24. The van der Waals surface area contributed by atoms with Crippen molar-refractivity contribution in [1.82, 2.24) is 5.32 Å². The third-order valence-electron chi connectivity index (χ3n) is 4.41. The van der Waals surface area contributed by atoms with Gasteiger partial charge in [0, 0.05) is 11.3 Å². The Labute approximate surface area is 171 Å². The number of carbonyl (C=O) groups is 2. The first kappa shape index (κ1) is 20.4. The van der Waals surface area contributed by atoms with Crippen molar-refractivity contribution in [3.05, 3.63) is 77.9 Å². The minimum atomic E-state index is -0.590. The second-order valence-electron chi connectivity index (χ2n) is 7.97. The van der Waals surface area contributed by atoms with Crippen LogP contribution in [-0.4, -0.2) is 17.6 Å². The van der Waals surface area contributed by atoms with E-state index in [1.165, 1.54) is 0 Å². The Bertz CT molecular complexity index is 1030. The molecule has 0 aliphatic heterocycles. The highest BCUT2D eigenvalue weighted by molar-refractivity contribution is 5.97. The van der Waals surface area contributed by atoms with Gasteiger partial charge in [0.15, 0.2) is 0 Å². The molecule has 0 aliphatic rings. The fourth-order valence-electron chi connectivity index (χ4n) is 3.15. The van der Waals surface area contributed by atoms with E-state index < -0.39 is 11.7 Å². The number of ether oxygens (including phenoxy) is 1. The van der Waals surface area contributed by atoms with E-state index in [2.05, 4.69) is 28.8 Å². The van der Waals surface area contributed by atoms with Crippen LogP contribution in [0.3, 0.4) is 0 Å². The Morgan fingerprint density at radius 2 is 1.62 bits per heavy atom. The van der Waals surface area contributed by atoms with E-state index in [0.29, 0.717) is 11.3 Å². The zero-order valence-electron chi connectivity index (χ0n) is 17.2. The predicted molar refractivity (Wildman–Crippen MR) is 116 cm³/mol. The maximum atomic E-state index is 12.8. The Balaban J connectivity index is 1.73. The van der Waals surface area contributed by atoms with Crippen LogP contribution >= 0.6 is 0 Å². The molecule has 0 aliphatic carbocycles. The van der Waals surface area contributed by atoms with E-state index >= 15 is 0 Å². The monoisotopic (exact) mass is 390 g/mol. The fraction of sp³-hybridized carbons (Fsp3) is 0.250. The zero-order chi connectivity index (χ0) is 21.0. The van der Waals surface area contributed by atoms with Crippen LogP contribution < -0.4 is 10.6 Å². The van der Waals surface area contributed by atoms with Crippen molar-refractivity contribution in [1.29, 1.82) is 0 Å². The highest BCUT2D eigenvalue weighted by Gasteiger charge is 2.17. The Morgan fingerprint density at radius 1 is 0.931 bits per heavy atom. The van der Waals surface area contributed by atoms with E-state index in [1.807, 2.05) is 31.2 Å². The number of hydrogen-bond donors (Lipinski definition) is 2. The molecule has 3 aromatic rings. The summed E-state index contributed by atoms with van der Waals surface area (Å²) in [4.78, 5) is 24.7. The second kappa shape index (κ2) is 8.35. The second-order valence-corrected chi connectivity index (χ2v) is 7.97. The van der Waals surface area contributed by atoms with Gasteiger partial charge in [-0.3, -0.25) is 10.1 Å². The number of carbonyl (C=O) groups excluding carboxylic acids is 2. The van der Waals surface area contributed by atoms with Gasteiger partial charge >= 0.3 is 6.09 Å². The van der Waals surface area contributed by atoms with E-state index in [1.54, 1.807) is 45.0 Å². The quantitative estimate of drug-likeness (QED) is 0.602. The van der Waals surface area contributed by atoms with Gasteiger partial charge in [-0.25, -0.2) is 4.79 Å². The average Bonchev–Trinajstić information content (AvgIpc) is 2.66. The maximum Gasteiger partial charge on any atom is 0.412 e. The molecular formula is C24H26N2O3. The largest absolute Gasteiger partial charge is 0.444 e. The third-order valence-corrected chi connectivity index (χ3v) is 4.41. The summed E-state index contributed by atoms with van der Waals surface area (Å²) in [7, 11) is 0. The van der Waals surface area contributed by atoms with Crippen molar-refractivity contribution in [3.63, 3.8) is 0 Å². The molecule has 0 bridgehead atoms. The van der Waals surface area contributed by atoms with Crippen LogP contribution in [0.2, 0.25) is 0 Å². The summed E-state index contributed by atoms with van der Waals surface area (Å²) < 4.78 is 5.25. The molecule has 0 saturated carbocycles. The van der Waals surface area contributed by atoms with E-state index in [-0.39, 0.29) is 11.9 Å². The van der Waals surface area contributed by atoms with Crippen LogP contribution in [0.25, 0.3) is 10.8 Å². The topological polar surface area (TPSA) is 67.4 Å². The van der Waals surface area contributed by atoms with Gasteiger partial charge in [0.05, 0.1) is 6.04 Å². The van der Waals surface area contributed by atoms with Gasteiger partial charge in [0.1, 0.15) is 5.60 Å². The Kier molecular flexibility index (Phi) is 5.87. The predicted octanol–water partition coefficient (Wildman–Crippen LogP) is 5.68. The molecule has 5 nitrogen and oxygen atoms in total. The summed E-state index contributed by atoms with van der Waals surface area (Å²) in [5.74, 6) is -0.210.